The lowest BCUT2D eigenvalue weighted by molar-refractivity contribution is -0.114. The number of nitrogens with one attached hydrogen (secondary N) is 1. The first-order chi connectivity index (χ1) is 14.7. The molecule has 0 bridgehead atoms. The molecule has 0 aromatic heterocycles. The molecule has 2 aromatic carbocycles. The average Bonchev–Trinajstić information content (AvgIpc) is 2.71. The molecule has 0 unspecified atom stereocenters. The molecule has 31 heavy (non-hydrogen) atoms. The number of ether oxygens (including phenoxy) is 3. The molecule has 0 saturated heterocycles. The smallest absolute Gasteiger partial charge is 0.338 e. The minimum atomic E-state index is -0.822. The Bertz CT molecular complexity index is 957. The van der Waals surface area contributed by atoms with E-state index in [0.717, 1.165) is 12.5 Å². The summed E-state index contributed by atoms with van der Waals surface area (Å²) in [5.41, 5.74) is 0.150. The third-order valence-electron chi connectivity index (χ3n) is 4.28. The lowest BCUT2D eigenvalue weighted by atomic mass is 10.1. The van der Waals surface area contributed by atoms with Gasteiger partial charge < -0.3 is 19.5 Å². The van der Waals surface area contributed by atoms with Crippen LogP contribution in [0.5, 0.6) is 11.5 Å². The van der Waals surface area contributed by atoms with E-state index in [2.05, 4.69) is 19.2 Å². The SMILES string of the molecule is COc1cc(C(=O)OCC(=O)c2ccc(NC(C)=O)cc2F)ccc1OCCC(C)C. The maximum atomic E-state index is 14.2. The quantitative estimate of drug-likeness (QED) is 0.447. The van der Waals surface area contributed by atoms with Gasteiger partial charge in [-0.25, -0.2) is 9.18 Å². The number of amides is 1. The van der Waals surface area contributed by atoms with E-state index >= 15 is 0 Å². The molecule has 0 atom stereocenters. The van der Waals surface area contributed by atoms with Crippen molar-refractivity contribution in [2.45, 2.75) is 27.2 Å². The van der Waals surface area contributed by atoms with Crippen molar-refractivity contribution in [3.8, 4) is 11.5 Å². The van der Waals surface area contributed by atoms with Crippen LogP contribution in [0.15, 0.2) is 36.4 Å². The van der Waals surface area contributed by atoms with Crippen LogP contribution in [-0.2, 0) is 9.53 Å². The highest BCUT2D eigenvalue weighted by molar-refractivity contribution is 6.00. The molecule has 0 radical (unpaired) electrons. The summed E-state index contributed by atoms with van der Waals surface area (Å²) in [5, 5.41) is 2.42. The van der Waals surface area contributed by atoms with Crippen LogP contribution in [0, 0.1) is 11.7 Å². The van der Waals surface area contributed by atoms with Crippen molar-refractivity contribution in [1.82, 2.24) is 0 Å². The molecular formula is C23H26FNO6. The van der Waals surface area contributed by atoms with Crippen LogP contribution in [-0.4, -0.2) is 38.0 Å². The highest BCUT2D eigenvalue weighted by atomic mass is 19.1. The second-order valence-corrected chi connectivity index (χ2v) is 7.27. The first-order valence-electron chi connectivity index (χ1n) is 9.79. The molecule has 2 rings (SSSR count). The van der Waals surface area contributed by atoms with Crippen LogP contribution in [0.3, 0.4) is 0 Å². The van der Waals surface area contributed by atoms with Gasteiger partial charge in [0.15, 0.2) is 18.1 Å². The minimum Gasteiger partial charge on any atom is -0.493 e. The van der Waals surface area contributed by atoms with Crippen LogP contribution in [0.1, 0.15) is 47.9 Å². The van der Waals surface area contributed by atoms with E-state index in [-0.39, 0.29) is 22.7 Å². The number of carbonyl (C=O) groups is 3. The second-order valence-electron chi connectivity index (χ2n) is 7.27. The fraction of sp³-hybridized carbons (Fsp3) is 0.348. The van der Waals surface area contributed by atoms with Gasteiger partial charge in [-0.15, -0.1) is 0 Å². The Kier molecular flexibility index (Phi) is 8.54. The number of rotatable bonds is 10. The zero-order valence-corrected chi connectivity index (χ0v) is 18.0. The first kappa shape index (κ1) is 23.9. The number of hydrogen-bond donors (Lipinski definition) is 1. The average molecular weight is 431 g/mol. The molecule has 0 fully saturated rings. The van der Waals surface area contributed by atoms with Gasteiger partial charge in [-0.2, -0.15) is 0 Å². The van der Waals surface area contributed by atoms with Crippen molar-refractivity contribution in [3.63, 3.8) is 0 Å². The first-order valence-corrected chi connectivity index (χ1v) is 9.79. The molecule has 8 heteroatoms. The maximum Gasteiger partial charge on any atom is 0.338 e. The molecule has 0 aliphatic carbocycles. The Morgan fingerprint density at radius 2 is 1.81 bits per heavy atom. The van der Waals surface area contributed by atoms with Crippen molar-refractivity contribution in [1.29, 1.82) is 0 Å². The molecular weight excluding hydrogens is 405 g/mol. The standard InChI is InChI=1S/C23H26FNO6/c1-14(2)9-10-30-21-8-5-16(11-22(21)29-4)23(28)31-13-20(27)18-7-6-17(12-19(18)24)25-15(3)26/h5-8,11-12,14H,9-10,13H2,1-4H3,(H,25,26). The van der Waals surface area contributed by atoms with Gasteiger partial charge in [-0.3, -0.25) is 9.59 Å². The normalized spacial score (nSPS) is 10.5. The second kappa shape index (κ2) is 11.1. The predicted molar refractivity (Wildman–Crippen MR) is 113 cm³/mol. The van der Waals surface area contributed by atoms with Crippen molar-refractivity contribution in [2.75, 3.05) is 25.6 Å². The van der Waals surface area contributed by atoms with E-state index in [1.54, 1.807) is 6.07 Å². The van der Waals surface area contributed by atoms with Gasteiger partial charge in [0.25, 0.3) is 0 Å². The Labute approximate surface area is 180 Å². The summed E-state index contributed by atoms with van der Waals surface area (Å²) in [5.74, 6) is -1.29. The van der Waals surface area contributed by atoms with E-state index in [0.29, 0.717) is 24.0 Å². The van der Waals surface area contributed by atoms with Crippen molar-refractivity contribution in [3.05, 3.63) is 53.3 Å². The summed E-state index contributed by atoms with van der Waals surface area (Å²) in [6.45, 7) is 5.34. The number of methoxy groups -OCH3 is 1. The van der Waals surface area contributed by atoms with Gasteiger partial charge in [-0.05, 0) is 48.7 Å². The van der Waals surface area contributed by atoms with Gasteiger partial charge >= 0.3 is 5.97 Å². The molecule has 2 aromatic rings. The van der Waals surface area contributed by atoms with E-state index in [9.17, 15) is 18.8 Å². The molecule has 0 spiro atoms. The fourth-order valence-corrected chi connectivity index (χ4v) is 2.63. The molecule has 166 valence electrons. The number of anilines is 1. The fourth-order valence-electron chi connectivity index (χ4n) is 2.63. The van der Waals surface area contributed by atoms with E-state index in [1.807, 2.05) is 0 Å². The van der Waals surface area contributed by atoms with Gasteiger partial charge in [0.05, 0.1) is 24.8 Å². The van der Waals surface area contributed by atoms with Gasteiger partial charge in [0.2, 0.25) is 11.7 Å². The number of halogens is 1. The lowest BCUT2D eigenvalue weighted by Crippen LogP contribution is -2.16. The molecule has 0 heterocycles. The number of hydrogen-bond acceptors (Lipinski definition) is 6. The summed E-state index contributed by atoms with van der Waals surface area (Å²) in [6, 6.07) is 8.20. The summed E-state index contributed by atoms with van der Waals surface area (Å²) >= 11 is 0. The lowest BCUT2D eigenvalue weighted by Gasteiger charge is -2.13. The Morgan fingerprint density at radius 1 is 1.06 bits per heavy atom. The van der Waals surface area contributed by atoms with E-state index in [4.69, 9.17) is 14.2 Å². The Morgan fingerprint density at radius 3 is 2.42 bits per heavy atom. The predicted octanol–water partition coefficient (Wildman–Crippen LogP) is 4.26. The van der Waals surface area contributed by atoms with Crippen molar-refractivity contribution < 1.29 is 33.0 Å². The Balaban J connectivity index is 2.00. The minimum absolute atomic E-state index is 0.169. The van der Waals surface area contributed by atoms with Crippen LogP contribution < -0.4 is 14.8 Å². The van der Waals surface area contributed by atoms with Gasteiger partial charge in [-0.1, -0.05) is 13.8 Å². The summed E-state index contributed by atoms with van der Waals surface area (Å²) < 4.78 is 30.1. The van der Waals surface area contributed by atoms with Gasteiger partial charge in [0, 0.05) is 12.6 Å². The van der Waals surface area contributed by atoms with Crippen LogP contribution >= 0.6 is 0 Å². The number of ketones is 1. The van der Waals surface area contributed by atoms with E-state index in [1.165, 1.54) is 38.3 Å². The monoisotopic (exact) mass is 431 g/mol. The topological polar surface area (TPSA) is 90.9 Å². The molecule has 0 aliphatic rings. The number of carbonyl (C=O) groups excluding carboxylic acids is 3. The van der Waals surface area contributed by atoms with Crippen LogP contribution in [0.2, 0.25) is 0 Å². The molecule has 7 nitrogen and oxygen atoms in total. The molecule has 1 amide bonds. The largest absolute Gasteiger partial charge is 0.493 e. The van der Waals surface area contributed by atoms with Crippen LogP contribution in [0.4, 0.5) is 10.1 Å². The van der Waals surface area contributed by atoms with Crippen LogP contribution in [0.25, 0.3) is 0 Å². The molecule has 1 N–H and O–H groups in total. The maximum absolute atomic E-state index is 14.2. The summed E-state index contributed by atoms with van der Waals surface area (Å²) in [6.07, 6.45) is 0.872. The number of benzene rings is 2. The zero-order chi connectivity index (χ0) is 23.0. The third kappa shape index (κ3) is 7.09. The molecule has 0 aliphatic heterocycles. The highest BCUT2D eigenvalue weighted by Gasteiger charge is 2.17. The van der Waals surface area contributed by atoms with Crippen molar-refractivity contribution >= 4 is 23.3 Å². The van der Waals surface area contributed by atoms with Crippen molar-refractivity contribution in [2.24, 2.45) is 5.92 Å². The number of esters is 1. The third-order valence-corrected chi connectivity index (χ3v) is 4.28. The number of Topliss-reactive ketones (excluding diaryl/α,β-unsaturated/α-hetero) is 1. The van der Waals surface area contributed by atoms with Gasteiger partial charge in [0.1, 0.15) is 5.82 Å². The Hall–Kier alpha value is -3.42. The summed E-state index contributed by atoms with van der Waals surface area (Å²) in [4.78, 5) is 35.6. The summed E-state index contributed by atoms with van der Waals surface area (Å²) in [7, 11) is 1.46. The molecule has 0 saturated carbocycles. The zero-order valence-electron chi connectivity index (χ0n) is 18.0. The van der Waals surface area contributed by atoms with E-state index < -0.39 is 24.2 Å². The highest BCUT2D eigenvalue weighted by Crippen LogP contribution is 2.28.